The number of pyridine rings is 1. The summed E-state index contributed by atoms with van der Waals surface area (Å²) in [6.07, 6.45) is 1.59. The lowest BCUT2D eigenvalue weighted by Crippen LogP contribution is -2.04. The van der Waals surface area contributed by atoms with Crippen LogP contribution in [0, 0.1) is 6.92 Å². The Hall–Kier alpha value is -2.01. The highest BCUT2D eigenvalue weighted by Crippen LogP contribution is 2.20. The Morgan fingerprint density at radius 3 is 2.95 bits per heavy atom. The van der Waals surface area contributed by atoms with Crippen LogP contribution in [0.1, 0.15) is 15.9 Å². The van der Waals surface area contributed by atoms with Crippen molar-refractivity contribution >= 4 is 17.7 Å². The molecular formula is C15H15NO3S. The van der Waals surface area contributed by atoms with Crippen LogP contribution in [0.4, 0.5) is 0 Å². The summed E-state index contributed by atoms with van der Waals surface area (Å²) in [7, 11) is 0. The third-order valence-electron chi connectivity index (χ3n) is 2.58. The highest BCUT2D eigenvalue weighted by Gasteiger charge is 2.10. The van der Waals surface area contributed by atoms with Crippen LogP contribution in [0.3, 0.4) is 0 Å². The topological polar surface area (TPSA) is 59.4 Å². The molecule has 0 amide bonds. The molecular weight excluding hydrogens is 274 g/mol. The summed E-state index contributed by atoms with van der Waals surface area (Å²) >= 11 is 1.38. The Kier molecular flexibility index (Phi) is 5.01. The number of aromatic carboxylic acids is 1. The normalized spacial score (nSPS) is 10.2. The molecule has 0 bridgehead atoms. The number of aryl methyl sites for hydroxylation is 1. The quantitative estimate of drug-likeness (QED) is 0.653. The zero-order chi connectivity index (χ0) is 14.4. The van der Waals surface area contributed by atoms with Crippen LogP contribution < -0.4 is 4.74 Å². The Balaban J connectivity index is 1.86. The molecule has 4 nitrogen and oxygen atoms in total. The molecule has 0 fully saturated rings. The van der Waals surface area contributed by atoms with Gasteiger partial charge in [-0.2, -0.15) is 0 Å². The fourth-order valence-corrected chi connectivity index (χ4v) is 2.48. The Bertz CT molecular complexity index is 601. The minimum Gasteiger partial charge on any atom is -0.493 e. The maximum atomic E-state index is 11.0. The standard InChI is InChI=1S/C15H15NO3S/c1-11-4-2-5-12(10-11)19-8-9-20-14-13(15(17)18)6-3-7-16-14/h2-7,10H,8-9H2,1H3,(H,17,18). The number of aromatic nitrogens is 1. The van der Waals surface area contributed by atoms with Crippen molar-refractivity contribution in [2.45, 2.75) is 11.9 Å². The van der Waals surface area contributed by atoms with Gasteiger partial charge in [0, 0.05) is 11.9 Å². The van der Waals surface area contributed by atoms with Crippen LogP contribution in [0.2, 0.25) is 0 Å². The third kappa shape index (κ3) is 3.99. The molecule has 0 saturated carbocycles. The molecule has 0 saturated heterocycles. The molecule has 104 valence electrons. The van der Waals surface area contributed by atoms with Gasteiger partial charge in [-0.15, -0.1) is 11.8 Å². The van der Waals surface area contributed by atoms with E-state index in [0.717, 1.165) is 11.3 Å². The summed E-state index contributed by atoms with van der Waals surface area (Å²) in [6.45, 7) is 2.51. The number of hydrogen-bond donors (Lipinski definition) is 1. The minimum absolute atomic E-state index is 0.230. The van der Waals surface area contributed by atoms with Crippen molar-refractivity contribution in [2.24, 2.45) is 0 Å². The molecule has 1 aromatic carbocycles. The summed E-state index contributed by atoms with van der Waals surface area (Å²) in [4.78, 5) is 15.1. The Morgan fingerprint density at radius 1 is 1.35 bits per heavy atom. The maximum absolute atomic E-state index is 11.0. The molecule has 2 rings (SSSR count). The SMILES string of the molecule is Cc1cccc(OCCSc2ncccc2C(=O)O)c1. The van der Waals surface area contributed by atoms with E-state index in [4.69, 9.17) is 9.84 Å². The van der Waals surface area contributed by atoms with Crippen LogP contribution in [0.15, 0.2) is 47.6 Å². The molecule has 1 N–H and O–H groups in total. The summed E-state index contributed by atoms with van der Waals surface area (Å²) in [5.41, 5.74) is 1.38. The van der Waals surface area contributed by atoms with Crippen molar-refractivity contribution in [2.75, 3.05) is 12.4 Å². The number of carboxylic acids is 1. The molecule has 0 unspecified atom stereocenters. The van der Waals surface area contributed by atoms with E-state index in [-0.39, 0.29) is 5.56 Å². The summed E-state index contributed by atoms with van der Waals surface area (Å²) in [5, 5.41) is 9.57. The molecule has 0 aliphatic rings. The molecule has 1 heterocycles. The maximum Gasteiger partial charge on any atom is 0.338 e. The van der Waals surface area contributed by atoms with E-state index in [1.54, 1.807) is 18.3 Å². The van der Waals surface area contributed by atoms with Crippen molar-refractivity contribution in [3.05, 3.63) is 53.7 Å². The first-order valence-electron chi connectivity index (χ1n) is 6.17. The molecule has 5 heteroatoms. The highest BCUT2D eigenvalue weighted by atomic mass is 32.2. The monoisotopic (exact) mass is 289 g/mol. The highest BCUT2D eigenvalue weighted by molar-refractivity contribution is 7.99. The predicted octanol–water partition coefficient (Wildman–Crippen LogP) is 3.26. The average molecular weight is 289 g/mol. The zero-order valence-corrected chi connectivity index (χ0v) is 11.9. The molecule has 0 radical (unpaired) electrons. The Morgan fingerprint density at radius 2 is 2.20 bits per heavy atom. The molecule has 1 aromatic heterocycles. The van der Waals surface area contributed by atoms with Gasteiger partial charge in [0.15, 0.2) is 0 Å². The summed E-state index contributed by atoms with van der Waals surface area (Å²) in [5.74, 6) is 0.510. The van der Waals surface area contributed by atoms with Crippen LogP contribution >= 0.6 is 11.8 Å². The van der Waals surface area contributed by atoms with Crippen molar-refractivity contribution in [3.8, 4) is 5.75 Å². The lowest BCUT2D eigenvalue weighted by molar-refractivity contribution is 0.0692. The second-order valence-corrected chi connectivity index (χ2v) is 5.26. The molecule has 0 aliphatic carbocycles. The van der Waals surface area contributed by atoms with E-state index in [2.05, 4.69) is 4.98 Å². The number of benzene rings is 1. The van der Waals surface area contributed by atoms with Crippen LogP contribution in [0.5, 0.6) is 5.75 Å². The van der Waals surface area contributed by atoms with Gasteiger partial charge in [0.2, 0.25) is 0 Å². The first-order valence-corrected chi connectivity index (χ1v) is 7.16. The van der Waals surface area contributed by atoms with Crippen molar-refractivity contribution in [3.63, 3.8) is 0 Å². The van der Waals surface area contributed by atoms with E-state index < -0.39 is 5.97 Å². The lowest BCUT2D eigenvalue weighted by atomic mass is 10.2. The van der Waals surface area contributed by atoms with Gasteiger partial charge in [0.1, 0.15) is 10.8 Å². The lowest BCUT2D eigenvalue weighted by Gasteiger charge is -2.07. The van der Waals surface area contributed by atoms with Crippen LogP contribution in [0.25, 0.3) is 0 Å². The number of ether oxygens (including phenoxy) is 1. The van der Waals surface area contributed by atoms with Crippen LogP contribution in [-0.4, -0.2) is 28.4 Å². The van der Waals surface area contributed by atoms with Crippen molar-refractivity contribution < 1.29 is 14.6 Å². The summed E-state index contributed by atoms with van der Waals surface area (Å²) in [6, 6.07) is 11.0. The minimum atomic E-state index is -0.958. The van der Waals surface area contributed by atoms with Gasteiger partial charge >= 0.3 is 5.97 Å². The first kappa shape index (κ1) is 14.4. The molecule has 2 aromatic rings. The average Bonchev–Trinajstić information content (AvgIpc) is 2.44. The van der Waals surface area contributed by atoms with Gasteiger partial charge in [0.05, 0.1) is 12.2 Å². The fraction of sp³-hybridized carbons (Fsp3) is 0.200. The van der Waals surface area contributed by atoms with Gasteiger partial charge in [-0.1, -0.05) is 12.1 Å². The third-order valence-corrected chi connectivity index (χ3v) is 3.55. The molecule has 0 atom stereocenters. The smallest absolute Gasteiger partial charge is 0.338 e. The van der Waals surface area contributed by atoms with E-state index >= 15 is 0 Å². The largest absolute Gasteiger partial charge is 0.493 e. The number of rotatable bonds is 6. The first-order chi connectivity index (χ1) is 9.66. The number of carboxylic acid groups (broad SMARTS) is 1. The van der Waals surface area contributed by atoms with Gasteiger partial charge in [-0.25, -0.2) is 9.78 Å². The Labute approximate surface area is 121 Å². The second-order valence-electron chi connectivity index (χ2n) is 4.17. The van der Waals surface area contributed by atoms with Crippen molar-refractivity contribution in [1.29, 1.82) is 0 Å². The van der Waals surface area contributed by atoms with E-state index in [1.807, 2.05) is 31.2 Å². The number of carbonyl (C=O) groups is 1. The van der Waals surface area contributed by atoms with Crippen LogP contribution in [-0.2, 0) is 0 Å². The number of hydrogen-bond acceptors (Lipinski definition) is 4. The summed E-state index contributed by atoms with van der Waals surface area (Å²) < 4.78 is 5.61. The van der Waals surface area contributed by atoms with E-state index in [9.17, 15) is 4.79 Å². The fourth-order valence-electron chi connectivity index (χ4n) is 1.67. The molecule has 20 heavy (non-hydrogen) atoms. The van der Waals surface area contributed by atoms with E-state index in [0.29, 0.717) is 17.4 Å². The van der Waals surface area contributed by atoms with Gasteiger partial charge in [0.25, 0.3) is 0 Å². The number of thioether (sulfide) groups is 1. The second kappa shape index (κ2) is 6.96. The zero-order valence-electron chi connectivity index (χ0n) is 11.1. The van der Waals surface area contributed by atoms with Gasteiger partial charge in [-0.3, -0.25) is 0 Å². The predicted molar refractivity (Wildman–Crippen MR) is 78.6 cm³/mol. The van der Waals surface area contributed by atoms with Gasteiger partial charge < -0.3 is 9.84 Å². The number of nitrogens with zero attached hydrogens (tertiary/aromatic N) is 1. The van der Waals surface area contributed by atoms with Gasteiger partial charge in [-0.05, 0) is 36.8 Å². The molecule has 0 aliphatic heterocycles. The van der Waals surface area contributed by atoms with Crippen molar-refractivity contribution in [1.82, 2.24) is 4.98 Å². The molecule has 0 spiro atoms. The van der Waals surface area contributed by atoms with E-state index in [1.165, 1.54) is 11.8 Å².